The number of morpholine rings is 1. The van der Waals surface area contributed by atoms with E-state index in [0.717, 1.165) is 26.2 Å². The summed E-state index contributed by atoms with van der Waals surface area (Å²) in [6.07, 6.45) is 3.34. The van der Waals surface area contributed by atoms with Crippen LogP contribution in [-0.2, 0) is 10.2 Å². The summed E-state index contributed by atoms with van der Waals surface area (Å²) in [5.74, 6) is 0. The highest BCUT2D eigenvalue weighted by Crippen LogP contribution is 2.23. The van der Waals surface area contributed by atoms with E-state index in [-0.39, 0.29) is 5.41 Å². The van der Waals surface area contributed by atoms with Crippen LogP contribution in [0.1, 0.15) is 45.2 Å². The summed E-state index contributed by atoms with van der Waals surface area (Å²) < 4.78 is 5.50. The van der Waals surface area contributed by atoms with E-state index in [4.69, 9.17) is 4.74 Å². The first-order valence-electron chi connectivity index (χ1n) is 7.54. The molecule has 1 aliphatic heterocycles. The third-order valence-electron chi connectivity index (χ3n) is 3.76. The minimum absolute atomic E-state index is 0.223. The predicted octanol–water partition coefficient (Wildman–Crippen LogP) is 3.77. The number of rotatable bonds is 3. The molecule has 1 unspecified atom stereocenters. The maximum Gasteiger partial charge on any atom is 0.0623 e. The summed E-state index contributed by atoms with van der Waals surface area (Å²) in [4.78, 5) is 0. The van der Waals surface area contributed by atoms with E-state index in [1.807, 2.05) is 0 Å². The molecule has 1 saturated heterocycles. The first kappa shape index (κ1) is 15.3. The number of nitrogens with one attached hydrogen (secondary N) is 1. The van der Waals surface area contributed by atoms with Crippen LogP contribution in [0.5, 0.6) is 0 Å². The standard InChI is InChI=1S/C18H27NO/c1-14(12-17-13-20-10-9-19-17)11-15-5-7-16(8-6-15)18(2,3)4/h5-8,11,17,19H,9-10,12-13H2,1-4H3/b14-11-. The molecule has 2 heteroatoms. The molecule has 1 aromatic carbocycles. The first-order chi connectivity index (χ1) is 9.45. The second-order valence-electron chi connectivity index (χ2n) is 6.79. The van der Waals surface area contributed by atoms with Crippen molar-refractivity contribution in [1.29, 1.82) is 0 Å². The molecular weight excluding hydrogens is 246 g/mol. The predicted molar refractivity (Wildman–Crippen MR) is 86.0 cm³/mol. The molecule has 1 N–H and O–H groups in total. The van der Waals surface area contributed by atoms with Crippen LogP contribution in [0.4, 0.5) is 0 Å². The van der Waals surface area contributed by atoms with E-state index in [0.29, 0.717) is 6.04 Å². The zero-order valence-corrected chi connectivity index (χ0v) is 13.2. The van der Waals surface area contributed by atoms with Gasteiger partial charge >= 0.3 is 0 Å². The highest BCUT2D eigenvalue weighted by molar-refractivity contribution is 5.53. The van der Waals surface area contributed by atoms with E-state index in [9.17, 15) is 0 Å². The van der Waals surface area contributed by atoms with Gasteiger partial charge in [-0.1, -0.05) is 56.7 Å². The van der Waals surface area contributed by atoms with Gasteiger partial charge in [0.05, 0.1) is 13.2 Å². The van der Waals surface area contributed by atoms with Gasteiger partial charge in [-0.05, 0) is 29.9 Å². The molecule has 0 saturated carbocycles. The zero-order chi connectivity index (χ0) is 14.6. The third-order valence-corrected chi connectivity index (χ3v) is 3.76. The molecule has 1 atom stereocenters. The molecule has 0 amide bonds. The van der Waals surface area contributed by atoms with Gasteiger partial charge in [-0.3, -0.25) is 0 Å². The molecule has 1 aliphatic rings. The van der Waals surface area contributed by atoms with Crippen molar-refractivity contribution in [3.05, 3.63) is 41.0 Å². The molecule has 0 bridgehead atoms. The van der Waals surface area contributed by atoms with Crippen LogP contribution in [0.25, 0.3) is 6.08 Å². The Kier molecular flexibility index (Phi) is 5.00. The van der Waals surface area contributed by atoms with Gasteiger partial charge in [0, 0.05) is 12.6 Å². The Bertz CT molecular complexity index is 447. The second kappa shape index (κ2) is 6.55. The maximum absolute atomic E-state index is 5.50. The molecule has 0 radical (unpaired) electrons. The van der Waals surface area contributed by atoms with Crippen molar-refractivity contribution >= 4 is 6.08 Å². The lowest BCUT2D eigenvalue weighted by Gasteiger charge is -2.24. The molecule has 20 heavy (non-hydrogen) atoms. The average molecular weight is 273 g/mol. The third kappa shape index (κ3) is 4.46. The van der Waals surface area contributed by atoms with Gasteiger partial charge in [-0.25, -0.2) is 0 Å². The molecule has 0 aromatic heterocycles. The fraction of sp³-hybridized carbons (Fsp3) is 0.556. The van der Waals surface area contributed by atoms with Crippen LogP contribution in [0.2, 0.25) is 0 Å². The van der Waals surface area contributed by atoms with Gasteiger partial charge in [-0.2, -0.15) is 0 Å². The quantitative estimate of drug-likeness (QED) is 0.905. The lowest BCUT2D eigenvalue weighted by molar-refractivity contribution is 0.0771. The summed E-state index contributed by atoms with van der Waals surface area (Å²) >= 11 is 0. The number of hydrogen-bond acceptors (Lipinski definition) is 2. The lowest BCUT2D eigenvalue weighted by atomic mass is 9.86. The van der Waals surface area contributed by atoms with Crippen LogP contribution >= 0.6 is 0 Å². The Balaban J connectivity index is 1.98. The molecule has 110 valence electrons. The Morgan fingerprint density at radius 2 is 2.00 bits per heavy atom. The number of ether oxygens (including phenoxy) is 1. The summed E-state index contributed by atoms with van der Waals surface area (Å²) in [6.45, 7) is 11.6. The van der Waals surface area contributed by atoms with Crippen molar-refractivity contribution in [2.75, 3.05) is 19.8 Å². The van der Waals surface area contributed by atoms with Crippen LogP contribution < -0.4 is 5.32 Å². The van der Waals surface area contributed by atoms with Crippen molar-refractivity contribution in [1.82, 2.24) is 5.32 Å². The van der Waals surface area contributed by atoms with Crippen LogP contribution in [0.15, 0.2) is 29.8 Å². The molecule has 2 rings (SSSR count). The van der Waals surface area contributed by atoms with Gasteiger partial charge in [-0.15, -0.1) is 0 Å². The van der Waals surface area contributed by atoms with Gasteiger partial charge in [0.25, 0.3) is 0 Å². The minimum atomic E-state index is 0.223. The minimum Gasteiger partial charge on any atom is -0.379 e. The van der Waals surface area contributed by atoms with Crippen molar-refractivity contribution in [3.63, 3.8) is 0 Å². The summed E-state index contributed by atoms with van der Waals surface area (Å²) in [7, 11) is 0. The Hall–Kier alpha value is -1.12. The number of benzene rings is 1. The van der Waals surface area contributed by atoms with Gasteiger partial charge in [0.2, 0.25) is 0 Å². The van der Waals surface area contributed by atoms with Crippen molar-refractivity contribution in [2.45, 2.75) is 45.6 Å². The van der Waals surface area contributed by atoms with Crippen molar-refractivity contribution in [2.24, 2.45) is 0 Å². The molecular formula is C18H27NO. The Labute approximate surface area is 123 Å². The highest BCUT2D eigenvalue weighted by atomic mass is 16.5. The molecule has 0 aliphatic carbocycles. The van der Waals surface area contributed by atoms with Crippen molar-refractivity contribution in [3.8, 4) is 0 Å². The monoisotopic (exact) mass is 273 g/mol. The Morgan fingerprint density at radius 1 is 1.30 bits per heavy atom. The summed E-state index contributed by atoms with van der Waals surface area (Å²) in [6, 6.07) is 9.38. The van der Waals surface area contributed by atoms with Gasteiger partial charge in [0.1, 0.15) is 0 Å². The molecule has 1 fully saturated rings. The molecule has 2 nitrogen and oxygen atoms in total. The normalized spacial score (nSPS) is 21.0. The highest BCUT2D eigenvalue weighted by Gasteiger charge is 2.14. The SMILES string of the molecule is C/C(=C/c1ccc(C(C)(C)C)cc1)CC1COCCN1. The van der Waals surface area contributed by atoms with E-state index < -0.39 is 0 Å². The van der Waals surface area contributed by atoms with Crippen molar-refractivity contribution < 1.29 is 4.74 Å². The topological polar surface area (TPSA) is 21.3 Å². The largest absolute Gasteiger partial charge is 0.379 e. The van der Waals surface area contributed by atoms with Gasteiger partial charge in [0.15, 0.2) is 0 Å². The summed E-state index contributed by atoms with van der Waals surface area (Å²) in [5, 5.41) is 3.50. The fourth-order valence-corrected chi connectivity index (χ4v) is 2.56. The van der Waals surface area contributed by atoms with Crippen LogP contribution in [0, 0.1) is 0 Å². The molecule has 1 aromatic rings. The molecule has 0 spiro atoms. The first-order valence-corrected chi connectivity index (χ1v) is 7.54. The van der Waals surface area contributed by atoms with E-state index in [1.54, 1.807) is 0 Å². The van der Waals surface area contributed by atoms with Crippen LogP contribution in [-0.4, -0.2) is 25.8 Å². The van der Waals surface area contributed by atoms with Gasteiger partial charge < -0.3 is 10.1 Å². The van der Waals surface area contributed by atoms with E-state index in [1.165, 1.54) is 16.7 Å². The maximum atomic E-state index is 5.50. The van der Waals surface area contributed by atoms with Crippen LogP contribution in [0.3, 0.4) is 0 Å². The number of hydrogen-bond donors (Lipinski definition) is 1. The van der Waals surface area contributed by atoms with E-state index >= 15 is 0 Å². The lowest BCUT2D eigenvalue weighted by Crippen LogP contribution is -2.41. The second-order valence-corrected chi connectivity index (χ2v) is 6.79. The summed E-state index contributed by atoms with van der Waals surface area (Å²) in [5.41, 5.74) is 4.29. The average Bonchev–Trinajstić information content (AvgIpc) is 2.39. The molecule has 1 heterocycles. The Morgan fingerprint density at radius 3 is 2.55 bits per heavy atom. The zero-order valence-electron chi connectivity index (χ0n) is 13.2. The van der Waals surface area contributed by atoms with E-state index in [2.05, 4.69) is 63.4 Å². The fourth-order valence-electron chi connectivity index (χ4n) is 2.56. The smallest absolute Gasteiger partial charge is 0.0623 e.